The Bertz CT molecular complexity index is 1630. The zero-order valence-corrected chi connectivity index (χ0v) is 22.4. The lowest BCUT2D eigenvalue weighted by atomic mass is 9.97. The Morgan fingerprint density at radius 3 is 2.45 bits per heavy atom. The maximum absolute atomic E-state index is 14.0. The van der Waals surface area contributed by atoms with Gasteiger partial charge in [0.25, 0.3) is 5.91 Å². The Labute approximate surface area is 227 Å². The van der Waals surface area contributed by atoms with Crippen molar-refractivity contribution in [2.75, 3.05) is 11.9 Å². The summed E-state index contributed by atoms with van der Waals surface area (Å²) < 4.78 is 10.1. The quantitative estimate of drug-likeness (QED) is 0.245. The minimum atomic E-state index is -0.175. The number of hydrogen-bond donors (Lipinski definition) is 1. The summed E-state index contributed by atoms with van der Waals surface area (Å²) >= 11 is 6.42. The predicted octanol–water partition coefficient (Wildman–Crippen LogP) is 8.02. The number of carbonyl (C=O) groups is 1. The number of benzene rings is 3. The van der Waals surface area contributed by atoms with E-state index >= 15 is 0 Å². The van der Waals surface area contributed by atoms with Gasteiger partial charge < -0.3 is 14.6 Å². The first-order valence-corrected chi connectivity index (χ1v) is 13.6. The van der Waals surface area contributed by atoms with E-state index in [4.69, 9.17) is 16.3 Å². The van der Waals surface area contributed by atoms with Gasteiger partial charge in [-0.1, -0.05) is 53.6 Å². The Balaban J connectivity index is 1.57. The molecule has 0 saturated heterocycles. The van der Waals surface area contributed by atoms with Gasteiger partial charge in [-0.05, 0) is 80.6 Å². The number of ether oxygens (including phenoxy) is 1. The monoisotopic (exact) mass is 523 g/mol. The van der Waals surface area contributed by atoms with Gasteiger partial charge in [0, 0.05) is 23.9 Å². The van der Waals surface area contributed by atoms with Crippen molar-refractivity contribution in [2.45, 2.75) is 39.7 Å². The summed E-state index contributed by atoms with van der Waals surface area (Å²) in [5, 5.41) is 3.60. The number of aromatic nitrogens is 2. The van der Waals surface area contributed by atoms with E-state index in [1.54, 1.807) is 6.07 Å². The summed E-state index contributed by atoms with van der Waals surface area (Å²) in [7, 11) is 0. The van der Waals surface area contributed by atoms with E-state index in [-0.39, 0.29) is 5.91 Å². The van der Waals surface area contributed by atoms with Crippen LogP contribution < -0.4 is 10.1 Å². The van der Waals surface area contributed by atoms with Crippen molar-refractivity contribution in [3.63, 3.8) is 0 Å². The number of nitrogens with one attached hydrogen (secondary N) is 1. The zero-order valence-electron chi connectivity index (χ0n) is 21.6. The normalized spacial score (nSPS) is 12.9. The fourth-order valence-corrected chi connectivity index (χ4v) is 5.69. The van der Waals surface area contributed by atoms with Gasteiger partial charge in [-0.25, -0.2) is 0 Å². The second-order valence-electron chi connectivity index (χ2n) is 9.78. The molecule has 38 heavy (non-hydrogen) atoms. The van der Waals surface area contributed by atoms with Gasteiger partial charge in [0.15, 0.2) is 0 Å². The number of hydrogen-bond acceptors (Lipinski definition) is 2. The standard InChI is InChI=1S/C32H30ClN3O2/c1-3-38-24-17-15-22(16-18-24)28-20-36-30(31(37)34-27-10-5-4-9-26(27)33)29(23-13-11-21(2)12-14-23)25-8-6-7-19-35(28)32(25)36/h4-5,9-18,20H,3,6-8,19H2,1-2H3,(H,34,37). The third kappa shape index (κ3) is 4.27. The first kappa shape index (κ1) is 24.4. The van der Waals surface area contributed by atoms with Gasteiger partial charge >= 0.3 is 0 Å². The Morgan fingerprint density at radius 2 is 1.71 bits per heavy atom. The molecule has 1 N–H and O–H groups in total. The topological polar surface area (TPSA) is 47.7 Å². The number of amides is 1. The van der Waals surface area contributed by atoms with Crippen LogP contribution in [0.1, 0.15) is 41.4 Å². The number of para-hydroxylation sites is 1. The molecule has 0 aliphatic carbocycles. The number of carbonyl (C=O) groups excluding carboxylic acids is 1. The molecule has 192 valence electrons. The summed E-state index contributed by atoms with van der Waals surface area (Å²) in [6.45, 7) is 5.60. The highest BCUT2D eigenvalue weighted by Gasteiger charge is 2.29. The molecule has 0 radical (unpaired) electrons. The summed E-state index contributed by atoms with van der Waals surface area (Å²) in [5.41, 5.74) is 8.96. The van der Waals surface area contributed by atoms with E-state index in [9.17, 15) is 4.79 Å². The van der Waals surface area contributed by atoms with Crippen molar-refractivity contribution >= 4 is 28.8 Å². The van der Waals surface area contributed by atoms with Gasteiger partial charge in [-0.2, -0.15) is 0 Å². The third-order valence-electron chi connectivity index (χ3n) is 7.27. The minimum Gasteiger partial charge on any atom is -0.494 e. The average molecular weight is 524 g/mol. The summed E-state index contributed by atoms with van der Waals surface area (Å²) in [5.74, 6) is 0.679. The lowest BCUT2D eigenvalue weighted by molar-refractivity contribution is 0.102. The van der Waals surface area contributed by atoms with Crippen LogP contribution in [0.5, 0.6) is 5.75 Å². The molecule has 1 amide bonds. The molecule has 1 aliphatic rings. The van der Waals surface area contributed by atoms with Gasteiger partial charge in [0.1, 0.15) is 17.1 Å². The number of imidazole rings is 1. The molecular weight excluding hydrogens is 494 g/mol. The highest BCUT2D eigenvalue weighted by molar-refractivity contribution is 6.34. The number of anilines is 1. The third-order valence-corrected chi connectivity index (χ3v) is 7.60. The van der Waals surface area contributed by atoms with E-state index in [1.807, 2.05) is 37.3 Å². The molecule has 0 fully saturated rings. The molecule has 1 aliphatic heterocycles. The summed E-state index contributed by atoms with van der Waals surface area (Å²) in [6.07, 6.45) is 5.17. The second kappa shape index (κ2) is 10.1. The van der Waals surface area contributed by atoms with Crippen LogP contribution in [0, 0.1) is 6.92 Å². The van der Waals surface area contributed by atoms with E-state index in [0.29, 0.717) is 23.0 Å². The number of rotatable bonds is 6. The van der Waals surface area contributed by atoms with Gasteiger partial charge in [-0.3, -0.25) is 9.20 Å². The van der Waals surface area contributed by atoms with Crippen molar-refractivity contribution in [3.8, 4) is 28.1 Å². The fraction of sp³-hybridized carbons (Fsp3) is 0.219. The minimum absolute atomic E-state index is 0.175. The van der Waals surface area contributed by atoms with Crippen LogP contribution in [-0.4, -0.2) is 21.5 Å². The molecular formula is C32H30ClN3O2. The number of halogens is 1. The Kier molecular flexibility index (Phi) is 6.46. The highest BCUT2D eigenvalue weighted by Crippen LogP contribution is 2.40. The lowest BCUT2D eigenvalue weighted by Gasteiger charge is -2.11. The van der Waals surface area contributed by atoms with Crippen LogP contribution in [0.4, 0.5) is 5.69 Å². The SMILES string of the molecule is CCOc1ccc(-c2cn3c(C(=O)Nc4ccccc4Cl)c(-c4ccc(C)cc4)c4c3n2CCCC4)cc1. The van der Waals surface area contributed by atoms with Crippen molar-refractivity contribution in [1.82, 2.24) is 8.97 Å². The van der Waals surface area contributed by atoms with E-state index in [1.165, 1.54) is 11.1 Å². The summed E-state index contributed by atoms with van der Waals surface area (Å²) in [4.78, 5) is 14.0. The Hall–Kier alpha value is -3.96. The van der Waals surface area contributed by atoms with Gasteiger partial charge in [0.05, 0.1) is 23.0 Å². The largest absolute Gasteiger partial charge is 0.494 e. The zero-order chi connectivity index (χ0) is 26.2. The molecule has 0 unspecified atom stereocenters. The molecule has 0 saturated carbocycles. The van der Waals surface area contributed by atoms with Gasteiger partial charge in [0.2, 0.25) is 0 Å². The highest BCUT2D eigenvalue weighted by atomic mass is 35.5. The number of nitrogens with zero attached hydrogens (tertiary/aromatic N) is 2. The van der Waals surface area contributed by atoms with E-state index in [2.05, 4.69) is 63.8 Å². The lowest BCUT2D eigenvalue weighted by Crippen LogP contribution is -2.15. The van der Waals surface area contributed by atoms with Crippen LogP contribution in [0.2, 0.25) is 5.02 Å². The second-order valence-corrected chi connectivity index (χ2v) is 10.2. The summed E-state index contributed by atoms with van der Waals surface area (Å²) in [6, 6.07) is 24.0. The van der Waals surface area contributed by atoms with Crippen LogP contribution in [-0.2, 0) is 13.0 Å². The first-order valence-electron chi connectivity index (χ1n) is 13.2. The van der Waals surface area contributed by atoms with Crippen molar-refractivity contribution < 1.29 is 9.53 Å². The van der Waals surface area contributed by atoms with E-state index < -0.39 is 0 Å². The Morgan fingerprint density at radius 1 is 0.974 bits per heavy atom. The molecule has 0 bridgehead atoms. The van der Waals surface area contributed by atoms with Crippen LogP contribution in [0.15, 0.2) is 79.0 Å². The predicted molar refractivity (Wildman–Crippen MR) is 155 cm³/mol. The maximum atomic E-state index is 14.0. The number of aryl methyl sites for hydroxylation is 3. The first-order chi connectivity index (χ1) is 18.5. The van der Waals surface area contributed by atoms with Crippen LogP contribution >= 0.6 is 11.6 Å². The average Bonchev–Trinajstić information content (AvgIpc) is 3.34. The van der Waals surface area contributed by atoms with Crippen LogP contribution in [0.25, 0.3) is 28.0 Å². The van der Waals surface area contributed by atoms with E-state index in [0.717, 1.165) is 59.6 Å². The molecule has 2 aromatic heterocycles. The van der Waals surface area contributed by atoms with Crippen LogP contribution in [0.3, 0.4) is 0 Å². The van der Waals surface area contributed by atoms with Crippen molar-refractivity contribution in [1.29, 1.82) is 0 Å². The molecule has 0 spiro atoms. The molecule has 5 nitrogen and oxygen atoms in total. The maximum Gasteiger partial charge on any atom is 0.273 e. The molecule has 6 rings (SSSR count). The molecule has 5 aromatic rings. The van der Waals surface area contributed by atoms with Gasteiger partial charge in [-0.15, -0.1) is 0 Å². The molecule has 3 aromatic carbocycles. The molecule has 6 heteroatoms. The fourth-order valence-electron chi connectivity index (χ4n) is 5.50. The van der Waals surface area contributed by atoms with Crippen molar-refractivity contribution in [2.24, 2.45) is 0 Å². The molecule has 0 atom stereocenters. The molecule has 3 heterocycles. The van der Waals surface area contributed by atoms with Crippen molar-refractivity contribution in [3.05, 3.63) is 101 Å². The smallest absolute Gasteiger partial charge is 0.273 e.